The Kier molecular flexibility index (Phi) is 5.07. The van der Waals surface area contributed by atoms with Crippen LogP contribution in [0.5, 0.6) is 0 Å². The molecule has 0 atom stereocenters. The van der Waals surface area contributed by atoms with Gasteiger partial charge in [0.25, 0.3) is 0 Å². The molecule has 116 valence electrons. The van der Waals surface area contributed by atoms with E-state index in [1.165, 1.54) is 12.5 Å². The second kappa shape index (κ2) is 6.46. The maximum absolute atomic E-state index is 11.5. The summed E-state index contributed by atoms with van der Waals surface area (Å²) < 4.78 is 12.6. The van der Waals surface area contributed by atoms with Crippen LogP contribution in [0.2, 0.25) is 0 Å². The van der Waals surface area contributed by atoms with Crippen molar-refractivity contribution in [2.75, 3.05) is 13.2 Å². The molecule has 4 nitrogen and oxygen atoms in total. The van der Waals surface area contributed by atoms with Crippen LogP contribution in [-0.4, -0.2) is 30.4 Å². The van der Waals surface area contributed by atoms with Crippen LogP contribution in [0.25, 0.3) is 0 Å². The monoisotopic (exact) mass is 355 g/mol. The third kappa shape index (κ3) is 4.80. The zero-order chi connectivity index (χ0) is 15.5. The lowest BCUT2D eigenvalue weighted by Gasteiger charge is -2.43. The lowest BCUT2D eigenvalue weighted by atomic mass is 9.91. The fraction of sp³-hybridized carbons (Fsp3) is 0.562. The van der Waals surface area contributed by atoms with Crippen LogP contribution >= 0.6 is 15.9 Å². The number of nitrogens with one attached hydrogen (secondary N) is 1. The molecular formula is C16H22BrNO3. The van der Waals surface area contributed by atoms with E-state index >= 15 is 0 Å². The summed E-state index contributed by atoms with van der Waals surface area (Å²) in [6.45, 7) is 6.24. The first-order chi connectivity index (χ1) is 9.80. The maximum atomic E-state index is 11.5. The van der Waals surface area contributed by atoms with Gasteiger partial charge in [-0.15, -0.1) is 0 Å². The van der Waals surface area contributed by atoms with Gasteiger partial charge in [0.1, 0.15) is 0 Å². The molecule has 0 unspecified atom stereocenters. The Labute approximate surface area is 134 Å². The number of hydrogen-bond donors (Lipinski definition) is 1. The number of aryl methyl sites for hydroxylation is 1. The Bertz CT molecular complexity index is 489. The first kappa shape index (κ1) is 16.5. The van der Waals surface area contributed by atoms with Gasteiger partial charge in [0.15, 0.2) is 5.79 Å². The second-order valence-electron chi connectivity index (χ2n) is 6.07. The molecule has 1 saturated heterocycles. The van der Waals surface area contributed by atoms with Crippen molar-refractivity contribution in [1.29, 1.82) is 0 Å². The molecule has 0 saturated carbocycles. The van der Waals surface area contributed by atoms with Crippen molar-refractivity contribution in [3.05, 3.63) is 34.3 Å². The Hall–Kier alpha value is -0.910. The van der Waals surface area contributed by atoms with E-state index in [1.807, 2.05) is 26.0 Å². The van der Waals surface area contributed by atoms with Crippen LogP contribution in [0.4, 0.5) is 0 Å². The van der Waals surface area contributed by atoms with Gasteiger partial charge >= 0.3 is 0 Å². The minimum atomic E-state index is -0.584. The Morgan fingerprint density at radius 2 is 1.81 bits per heavy atom. The maximum Gasteiger partial charge on any atom is 0.217 e. The fourth-order valence-corrected chi connectivity index (χ4v) is 2.66. The molecule has 5 heteroatoms. The van der Waals surface area contributed by atoms with Gasteiger partial charge in [0.2, 0.25) is 5.91 Å². The van der Waals surface area contributed by atoms with E-state index in [-0.39, 0.29) is 5.91 Å². The van der Waals surface area contributed by atoms with Gasteiger partial charge in [0.05, 0.1) is 18.8 Å². The molecule has 1 amide bonds. The minimum absolute atomic E-state index is 0.0577. The largest absolute Gasteiger partial charge is 0.348 e. The molecule has 0 aromatic heterocycles. The highest BCUT2D eigenvalue weighted by Gasteiger charge is 2.40. The summed E-state index contributed by atoms with van der Waals surface area (Å²) in [5, 5.41) is 3.02. The molecule has 0 spiro atoms. The summed E-state index contributed by atoms with van der Waals surface area (Å²) in [5.41, 5.74) is 0.779. The van der Waals surface area contributed by atoms with Crippen molar-refractivity contribution in [2.45, 2.75) is 44.9 Å². The van der Waals surface area contributed by atoms with Crippen molar-refractivity contribution in [3.63, 3.8) is 0 Å². The van der Waals surface area contributed by atoms with Crippen LogP contribution in [0.15, 0.2) is 28.7 Å². The van der Waals surface area contributed by atoms with Gasteiger partial charge in [0, 0.05) is 11.4 Å². The van der Waals surface area contributed by atoms with Gasteiger partial charge in [-0.05, 0) is 44.4 Å². The van der Waals surface area contributed by atoms with E-state index in [2.05, 4.69) is 33.4 Å². The first-order valence-corrected chi connectivity index (χ1v) is 7.91. The topological polar surface area (TPSA) is 47.6 Å². The van der Waals surface area contributed by atoms with Gasteiger partial charge in [-0.1, -0.05) is 28.1 Å². The predicted octanol–water partition coefficient (Wildman–Crippen LogP) is 3.04. The van der Waals surface area contributed by atoms with Crippen LogP contribution in [0, 0.1) is 0 Å². The molecule has 1 aliphatic rings. The number of carbonyl (C=O) groups is 1. The van der Waals surface area contributed by atoms with Crippen LogP contribution in [0.1, 0.15) is 32.8 Å². The first-order valence-electron chi connectivity index (χ1n) is 7.11. The van der Waals surface area contributed by atoms with Gasteiger partial charge in [-0.2, -0.15) is 0 Å². The van der Waals surface area contributed by atoms with Crippen molar-refractivity contribution in [3.8, 4) is 0 Å². The number of amides is 1. The van der Waals surface area contributed by atoms with E-state index in [9.17, 15) is 4.79 Å². The average molecular weight is 356 g/mol. The molecule has 1 N–H and O–H groups in total. The average Bonchev–Trinajstić information content (AvgIpc) is 2.41. The highest BCUT2D eigenvalue weighted by atomic mass is 79.9. The van der Waals surface area contributed by atoms with Gasteiger partial charge in [-0.3, -0.25) is 4.79 Å². The quantitative estimate of drug-likeness (QED) is 0.902. The lowest BCUT2D eigenvalue weighted by molar-refractivity contribution is -0.271. The second-order valence-corrected chi connectivity index (χ2v) is 6.98. The highest BCUT2D eigenvalue weighted by Crippen LogP contribution is 2.27. The molecule has 0 radical (unpaired) electrons. The molecule has 1 heterocycles. The third-order valence-electron chi connectivity index (χ3n) is 3.64. The molecule has 1 fully saturated rings. The highest BCUT2D eigenvalue weighted by molar-refractivity contribution is 9.10. The number of benzene rings is 1. The van der Waals surface area contributed by atoms with E-state index in [1.54, 1.807) is 0 Å². The van der Waals surface area contributed by atoms with Crippen molar-refractivity contribution in [1.82, 2.24) is 5.32 Å². The molecule has 21 heavy (non-hydrogen) atoms. The molecule has 1 aromatic rings. The summed E-state index contributed by atoms with van der Waals surface area (Å²) in [7, 11) is 0. The molecular weight excluding hydrogens is 334 g/mol. The number of rotatable bonds is 4. The number of ether oxygens (including phenoxy) is 2. The SMILES string of the molecule is CC(=O)NC1(CCc2ccc(Br)cc2)COC(C)(C)OC1. The molecule has 2 rings (SSSR count). The lowest BCUT2D eigenvalue weighted by Crippen LogP contribution is -2.60. The van der Waals surface area contributed by atoms with E-state index < -0.39 is 11.3 Å². The van der Waals surface area contributed by atoms with Crippen LogP contribution in [-0.2, 0) is 20.7 Å². The number of carbonyl (C=O) groups excluding carboxylic acids is 1. The molecule has 1 aromatic carbocycles. The zero-order valence-electron chi connectivity index (χ0n) is 12.7. The van der Waals surface area contributed by atoms with Crippen molar-refractivity contribution >= 4 is 21.8 Å². The van der Waals surface area contributed by atoms with Crippen LogP contribution in [0.3, 0.4) is 0 Å². The summed E-state index contributed by atoms with van der Waals surface area (Å²) in [6, 6.07) is 8.22. The minimum Gasteiger partial charge on any atom is -0.348 e. The summed E-state index contributed by atoms with van der Waals surface area (Å²) >= 11 is 3.43. The predicted molar refractivity (Wildman–Crippen MR) is 85.0 cm³/mol. The normalized spacial score (nSPS) is 20.0. The smallest absolute Gasteiger partial charge is 0.217 e. The molecule has 0 aliphatic carbocycles. The summed E-state index contributed by atoms with van der Waals surface area (Å²) in [5.74, 6) is -0.641. The van der Waals surface area contributed by atoms with E-state index in [0.717, 1.165) is 17.3 Å². The van der Waals surface area contributed by atoms with Crippen molar-refractivity contribution in [2.24, 2.45) is 0 Å². The summed E-state index contributed by atoms with van der Waals surface area (Å²) in [4.78, 5) is 11.5. The van der Waals surface area contributed by atoms with Gasteiger partial charge in [-0.25, -0.2) is 0 Å². The van der Waals surface area contributed by atoms with Crippen LogP contribution < -0.4 is 5.32 Å². The zero-order valence-corrected chi connectivity index (χ0v) is 14.3. The van der Waals surface area contributed by atoms with Gasteiger partial charge < -0.3 is 14.8 Å². The fourth-order valence-electron chi connectivity index (χ4n) is 2.39. The Morgan fingerprint density at radius 1 is 1.24 bits per heavy atom. The third-order valence-corrected chi connectivity index (χ3v) is 4.17. The number of halogens is 1. The van der Waals surface area contributed by atoms with Crippen molar-refractivity contribution < 1.29 is 14.3 Å². The Morgan fingerprint density at radius 3 is 2.33 bits per heavy atom. The summed E-state index contributed by atoms with van der Waals surface area (Å²) in [6.07, 6.45) is 1.64. The Balaban J connectivity index is 2.03. The molecule has 1 aliphatic heterocycles. The van der Waals surface area contributed by atoms with E-state index in [0.29, 0.717) is 13.2 Å². The standard InChI is InChI=1S/C16H22BrNO3/c1-12(19)18-16(10-20-15(2,3)21-11-16)9-8-13-4-6-14(17)7-5-13/h4-7H,8-11H2,1-3H3,(H,18,19). The van der Waals surface area contributed by atoms with E-state index in [4.69, 9.17) is 9.47 Å². The molecule has 0 bridgehead atoms. The number of hydrogen-bond acceptors (Lipinski definition) is 3.